The zero-order chi connectivity index (χ0) is 10.8. The van der Waals surface area contributed by atoms with Gasteiger partial charge in [-0.2, -0.15) is 0 Å². The second-order valence-corrected chi connectivity index (χ2v) is 4.77. The number of furan rings is 1. The fourth-order valence-electron chi connectivity index (χ4n) is 0.928. The fourth-order valence-corrected chi connectivity index (χ4v) is 2.16. The first-order valence-electron chi connectivity index (χ1n) is 4.24. The molecule has 0 radical (unpaired) electrons. The van der Waals surface area contributed by atoms with Gasteiger partial charge in [-0.3, -0.25) is 0 Å². The van der Waals surface area contributed by atoms with E-state index in [0.29, 0.717) is 5.76 Å². The van der Waals surface area contributed by atoms with Gasteiger partial charge >= 0.3 is 0 Å². The van der Waals surface area contributed by atoms with E-state index in [0.717, 1.165) is 0 Å². The molecular weight excluding hydrogens is 240 g/mol. The summed E-state index contributed by atoms with van der Waals surface area (Å²) in [5, 5.41) is -0.0738. The molecule has 0 aliphatic carbocycles. The van der Waals surface area contributed by atoms with Gasteiger partial charge in [0.15, 0.2) is 0 Å². The van der Waals surface area contributed by atoms with Crippen LogP contribution in [0, 0.1) is 6.92 Å². The van der Waals surface area contributed by atoms with Gasteiger partial charge < -0.3 is 10.2 Å². The van der Waals surface area contributed by atoms with Crippen LogP contribution in [0.3, 0.4) is 0 Å². The average Bonchev–Trinajstić information content (AvgIpc) is 2.51. The molecule has 0 unspecified atom stereocenters. The molecule has 1 rings (SSSR count). The van der Waals surface area contributed by atoms with Gasteiger partial charge in [0.25, 0.3) is 10.0 Å². The molecule has 0 bridgehead atoms. The molecule has 1 heterocycles. The molecule has 1 aromatic heterocycles. The number of sulfonamides is 1. The van der Waals surface area contributed by atoms with Crippen molar-refractivity contribution in [1.82, 2.24) is 4.72 Å². The van der Waals surface area contributed by atoms with Crippen LogP contribution in [-0.4, -0.2) is 21.0 Å². The van der Waals surface area contributed by atoms with Crippen LogP contribution in [0.1, 0.15) is 12.7 Å². The predicted octanol–water partition coefficient (Wildman–Crippen LogP) is 0.635. The molecule has 3 N–H and O–H groups in total. The van der Waals surface area contributed by atoms with Crippen LogP contribution in [-0.2, 0) is 10.0 Å². The van der Waals surface area contributed by atoms with E-state index >= 15 is 0 Å². The molecule has 0 spiro atoms. The lowest BCUT2D eigenvalue weighted by Crippen LogP contribution is -2.37. The second-order valence-electron chi connectivity index (χ2n) is 3.12. The van der Waals surface area contributed by atoms with Crippen molar-refractivity contribution in [1.29, 1.82) is 0 Å². The molecule has 1 aromatic rings. The highest BCUT2D eigenvalue weighted by atomic mass is 35.5. The number of aryl methyl sites for hydroxylation is 1. The predicted molar refractivity (Wildman–Crippen MR) is 59.5 cm³/mol. The molecule has 0 aromatic carbocycles. The Balaban J connectivity index is 0.00000196. The van der Waals surface area contributed by atoms with Gasteiger partial charge in [0.2, 0.25) is 5.09 Å². The quantitative estimate of drug-likeness (QED) is 0.826. The monoisotopic (exact) mass is 254 g/mol. The van der Waals surface area contributed by atoms with Crippen molar-refractivity contribution in [3.63, 3.8) is 0 Å². The Morgan fingerprint density at radius 3 is 2.53 bits per heavy atom. The summed E-state index contributed by atoms with van der Waals surface area (Å²) in [6.07, 6.45) is 0. The second kappa shape index (κ2) is 5.50. The SMILES string of the molecule is Cc1ccc(S(=O)(=O)N[C@@H](C)CN)o1.Cl. The highest BCUT2D eigenvalue weighted by Crippen LogP contribution is 2.12. The van der Waals surface area contributed by atoms with Gasteiger partial charge in [-0.15, -0.1) is 12.4 Å². The Kier molecular flexibility index (Phi) is 5.30. The first-order chi connectivity index (χ1) is 6.45. The molecule has 1 atom stereocenters. The number of nitrogens with one attached hydrogen (secondary N) is 1. The van der Waals surface area contributed by atoms with Gasteiger partial charge in [0, 0.05) is 12.6 Å². The average molecular weight is 255 g/mol. The van der Waals surface area contributed by atoms with Crippen LogP contribution < -0.4 is 10.5 Å². The minimum atomic E-state index is -3.55. The Morgan fingerprint density at radius 1 is 1.53 bits per heavy atom. The molecule has 0 fully saturated rings. The van der Waals surface area contributed by atoms with Crippen molar-refractivity contribution in [2.45, 2.75) is 25.0 Å². The molecule has 5 nitrogen and oxygen atoms in total. The van der Waals surface area contributed by atoms with Crippen molar-refractivity contribution in [3.05, 3.63) is 17.9 Å². The summed E-state index contributed by atoms with van der Waals surface area (Å²) in [7, 11) is -3.55. The van der Waals surface area contributed by atoms with Crippen LogP contribution in [0.4, 0.5) is 0 Å². The fraction of sp³-hybridized carbons (Fsp3) is 0.500. The molecule has 7 heteroatoms. The summed E-state index contributed by atoms with van der Waals surface area (Å²) >= 11 is 0. The lowest BCUT2D eigenvalue weighted by molar-refractivity contribution is 0.422. The van der Waals surface area contributed by atoms with Crippen LogP contribution in [0.2, 0.25) is 0 Å². The summed E-state index contributed by atoms with van der Waals surface area (Å²) < 4.78 is 30.5. The van der Waals surface area contributed by atoms with Crippen LogP contribution in [0.15, 0.2) is 21.6 Å². The summed E-state index contributed by atoms with van der Waals surface area (Å²) in [5.74, 6) is 0.561. The third-order valence-electron chi connectivity index (χ3n) is 1.69. The number of hydrogen-bond donors (Lipinski definition) is 2. The van der Waals surface area contributed by atoms with Crippen LogP contribution >= 0.6 is 12.4 Å². The molecule has 0 aliphatic rings. The Bertz CT molecular complexity index is 402. The molecule has 15 heavy (non-hydrogen) atoms. The maximum atomic E-state index is 11.6. The van der Waals surface area contributed by atoms with E-state index in [4.69, 9.17) is 10.2 Å². The third-order valence-corrected chi connectivity index (χ3v) is 3.15. The van der Waals surface area contributed by atoms with Gasteiger partial charge in [-0.05, 0) is 26.0 Å². The zero-order valence-corrected chi connectivity index (χ0v) is 10.2. The van der Waals surface area contributed by atoms with Crippen LogP contribution in [0.25, 0.3) is 0 Å². The zero-order valence-electron chi connectivity index (χ0n) is 8.56. The molecule has 0 amide bonds. The number of halogens is 1. The maximum Gasteiger partial charge on any atom is 0.274 e. The first kappa shape index (κ1) is 14.4. The standard InChI is InChI=1S/C8H14N2O3S.ClH/c1-6(5-9)10-14(11,12)8-4-3-7(2)13-8;/h3-4,6,10H,5,9H2,1-2H3;1H/t6-;/m0./s1. The topological polar surface area (TPSA) is 85.3 Å². The smallest absolute Gasteiger partial charge is 0.274 e. The van der Waals surface area contributed by atoms with Gasteiger partial charge in [-0.1, -0.05) is 0 Å². The summed E-state index contributed by atoms with van der Waals surface area (Å²) in [6, 6.07) is 2.72. The van der Waals surface area contributed by atoms with Crippen molar-refractivity contribution in [3.8, 4) is 0 Å². The Hall–Kier alpha value is -0.560. The van der Waals surface area contributed by atoms with Gasteiger partial charge in [0.1, 0.15) is 5.76 Å². The van der Waals surface area contributed by atoms with E-state index in [1.54, 1.807) is 19.9 Å². The van der Waals surface area contributed by atoms with Gasteiger partial charge in [-0.25, -0.2) is 13.1 Å². The highest BCUT2D eigenvalue weighted by Gasteiger charge is 2.19. The van der Waals surface area contributed by atoms with E-state index in [-0.39, 0.29) is 30.1 Å². The Labute approximate surface area is 95.5 Å². The summed E-state index contributed by atoms with van der Waals surface area (Å²) in [6.45, 7) is 3.62. The first-order valence-corrected chi connectivity index (χ1v) is 5.73. The van der Waals surface area contributed by atoms with E-state index in [1.807, 2.05) is 0 Å². The molecule has 0 aliphatic heterocycles. The van der Waals surface area contributed by atoms with Crippen molar-refractivity contribution in [2.24, 2.45) is 5.73 Å². The summed E-state index contributed by atoms with van der Waals surface area (Å²) in [5.41, 5.74) is 5.30. The number of hydrogen-bond acceptors (Lipinski definition) is 4. The molecular formula is C8H15ClN2O3S. The highest BCUT2D eigenvalue weighted by molar-refractivity contribution is 7.89. The summed E-state index contributed by atoms with van der Waals surface area (Å²) in [4.78, 5) is 0. The van der Waals surface area contributed by atoms with E-state index in [9.17, 15) is 8.42 Å². The largest absolute Gasteiger partial charge is 0.449 e. The molecule has 0 saturated heterocycles. The normalized spacial score (nSPS) is 13.3. The maximum absolute atomic E-state index is 11.6. The van der Waals surface area contributed by atoms with Crippen molar-refractivity contribution >= 4 is 22.4 Å². The van der Waals surface area contributed by atoms with E-state index in [1.165, 1.54) is 6.07 Å². The number of rotatable bonds is 4. The minimum Gasteiger partial charge on any atom is -0.449 e. The third kappa shape index (κ3) is 3.83. The van der Waals surface area contributed by atoms with Crippen LogP contribution in [0.5, 0.6) is 0 Å². The minimum absolute atomic E-state index is 0. The number of nitrogens with two attached hydrogens (primary N) is 1. The van der Waals surface area contributed by atoms with E-state index < -0.39 is 10.0 Å². The molecule has 88 valence electrons. The van der Waals surface area contributed by atoms with E-state index in [2.05, 4.69) is 4.72 Å². The van der Waals surface area contributed by atoms with Crippen molar-refractivity contribution < 1.29 is 12.8 Å². The Morgan fingerprint density at radius 2 is 2.13 bits per heavy atom. The lowest BCUT2D eigenvalue weighted by atomic mass is 10.4. The van der Waals surface area contributed by atoms with Crippen molar-refractivity contribution in [2.75, 3.05) is 6.54 Å². The molecule has 0 saturated carbocycles. The van der Waals surface area contributed by atoms with Gasteiger partial charge in [0.05, 0.1) is 0 Å². The lowest BCUT2D eigenvalue weighted by Gasteiger charge is -2.09.